The van der Waals surface area contributed by atoms with Crippen LogP contribution in [0.5, 0.6) is 17.2 Å². The minimum Gasteiger partial charge on any atom is -0.493 e. The Morgan fingerprint density at radius 2 is 2.07 bits per heavy atom. The maximum Gasteiger partial charge on any atom is 0.162 e. The molecular weight excluding hydrogens is 366 g/mol. The van der Waals surface area contributed by atoms with E-state index in [1.54, 1.807) is 25.3 Å². The van der Waals surface area contributed by atoms with Crippen molar-refractivity contribution in [3.8, 4) is 29.0 Å². The van der Waals surface area contributed by atoms with Crippen LogP contribution in [-0.2, 0) is 0 Å². The molecule has 1 aliphatic rings. The Labute approximate surface area is 170 Å². The molecule has 6 nitrogen and oxygen atoms in total. The standard InChI is InChI=1S/C23H23N3O3/c1-16(29-21-9-6-17(14-24)12-22(21)27-2)15-28-20-5-3-4-19(13-20)26-11-10-25-23(26)18-7-8-18/h3-6,9-13,16,18H,7-8,15H2,1-2H3/t16-/m0/s1. The van der Waals surface area contributed by atoms with E-state index in [4.69, 9.17) is 19.5 Å². The largest absolute Gasteiger partial charge is 0.493 e. The fourth-order valence-electron chi connectivity index (χ4n) is 3.20. The van der Waals surface area contributed by atoms with Gasteiger partial charge in [0.1, 0.15) is 24.3 Å². The number of nitrogens with zero attached hydrogens (tertiary/aromatic N) is 3. The zero-order valence-electron chi connectivity index (χ0n) is 16.5. The smallest absolute Gasteiger partial charge is 0.162 e. The highest BCUT2D eigenvalue weighted by atomic mass is 16.5. The lowest BCUT2D eigenvalue weighted by molar-refractivity contribution is 0.139. The molecular formula is C23H23N3O3. The van der Waals surface area contributed by atoms with Gasteiger partial charge in [0.15, 0.2) is 11.5 Å². The molecule has 0 amide bonds. The molecule has 0 bridgehead atoms. The van der Waals surface area contributed by atoms with E-state index >= 15 is 0 Å². The number of aromatic nitrogens is 2. The second-order valence-corrected chi connectivity index (χ2v) is 7.14. The van der Waals surface area contributed by atoms with Crippen LogP contribution in [0.3, 0.4) is 0 Å². The quantitative estimate of drug-likeness (QED) is 0.568. The van der Waals surface area contributed by atoms with Crippen molar-refractivity contribution in [2.45, 2.75) is 31.8 Å². The van der Waals surface area contributed by atoms with Gasteiger partial charge in [-0.15, -0.1) is 0 Å². The second kappa shape index (κ2) is 8.27. The lowest BCUT2D eigenvalue weighted by atomic mass is 10.2. The minimum absolute atomic E-state index is 0.198. The van der Waals surface area contributed by atoms with Crippen LogP contribution in [0.4, 0.5) is 0 Å². The monoisotopic (exact) mass is 389 g/mol. The van der Waals surface area contributed by atoms with Gasteiger partial charge in [-0.3, -0.25) is 0 Å². The molecule has 0 aliphatic heterocycles. The van der Waals surface area contributed by atoms with E-state index in [9.17, 15) is 0 Å². The summed E-state index contributed by atoms with van der Waals surface area (Å²) in [5.74, 6) is 3.59. The number of hydrogen-bond donors (Lipinski definition) is 0. The summed E-state index contributed by atoms with van der Waals surface area (Å²) in [7, 11) is 1.56. The van der Waals surface area contributed by atoms with Crippen LogP contribution >= 0.6 is 0 Å². The second-order valence-electron chi connectivity index (χ2n) is 7.14. The summed E-state index contributed by atoms with van der Waals surface area (Å²) in [6.45, 7) is 2.31. The SMILES string of the molecule is COc1cc(C#N)ccc1O[C@@H](C)COc1cccc(-n2ccnc2C2CC2)c1. The molecule has 1 fully saturated rings. The Bertz CT molecular complexity index is 1030. The average Bonchev–Trinajstić information content (AvgIpc) is 3.48. The molecule has 4 rings (SSSR count). The maximum absolute atomic E-state index is 9.01. The van der Waals surface area contributed by atoms with Crippen molar-refractivity contribution in [1.29, 1.82) is 5.26 Å². The van der Waals surface area contributed by atoms with Crippen molar-refractivity contribution in [2.24, 2.45) is 0 Å². The number of methoxy groups -OCH3 is 1. The number of rotatable bonds is 8. The molecule has 1 saturated carbocycles. The number of nitriles is 1. The van der Waals surface area contributed by atoms with Crippen LogP contribution in [0.1, 0.15) is 37.1 Å². The predicted octanol–water partition coefficient (Wildman–Crippen LogP) is 4.48. The minimum atomic E-state index is -0.198. The maximum atomic E-state index is 9.01. The van der Waals surface area contributed by atoms with Gasteiger partial charge in [0.25, 0.3) is 0 Å². The van der Waals surface area contributed by atoms with Crippen LogP contribution in [-0.4, -0.2) is 29.4 Å². The fourth-order valence-corrected chi connectivity index (χ4v) is 3.20. The van der Waals surface area contributed by atoms with Crippen molar-refractivity contribution in [3.05, 3.63) is 66.2 Å². The van der Waals surface area contributed by atoms with Gasteiger partial charge in [-0.25, -0.2) is 4.98 Å². The Hall–Kier alpha value is -3.46. The first kappa shape index (κ1) is 18.9. The molecule has 0 saturated heterocycles. The number of imidazole rings is 1. The predicted molar refractivity (Wildman–Crippen MR) is 109 cm³/mol. The topological polar surface area (TPSA) is 69.3 Å². The van der Waals surface area contributed by atoms with Gasteiger partial charge in [-0.05, 0) is 44.0 Å². The first-order chi connectivity index (χ1) is 14.2. The third kappa shape index (κ3) is 4.35. The highest BCUT2D eigenvalue weighted by molar-refractivity contribution is 5.47. The number of hydrogen-bond acceptors (Lipinski definition) is 5. The van der Waals surface area contributed by atoms with Crippen LogP contribution < -0.4 is 14.2 Å². The lowest BCUT2D eigenvalue weighted by Crippen LogP contribution is -2.21. The first-order valence-electron chi connectivity index (χ1n) is 9.69. The van der Waals surface area contributed by atoms with Crippen molar-refractivity contribution in [2.75, 3.05) is 13.7 Å². The van der Waals surface area contributed by atoms with E-state index in [1.807, 2.05) is 37.5 Å². The van der Waals surface area contributed by atoms with E-state index in [0.29, 0.717) is 29.6 Å². The van der Waals surface area contributed by atoms with Crippen LogP contribution in [0, 0.1) is 11.3 Å². The Morgan fingerprint density at radius 3 is 2.83 bits per heavy atom. The van der Waals surface area contributed by atoms with Gasteiger partial charge >= 0.3 is 0 Å². The fraction of sp³-hybridized carbons (Fsp3) is 0.304. The molecule has 1 aromatic heterocycles. The molecule has 6 heteroatoms. The molecule has 0 N–H and O–H groups in total. The highest BCUT2D eigenvalue weighted by Gasteiger charge is 2.28. The van der Waals surface area contributed by atoms with Gasteiger partial charge in [-0.1, -0.05) is 6.07 Å². The van der Waals surface area contributed by atoms with Crippen molar-refractivity contribution in [3.63, 3.8) is 0 Å². The van der Waals surface area contributed by atoms with Crippen molar-refractivity contribution < 1.29 is 14.2 Å². The summed E-state index contributed by atoms with van der Waals surface area (Å²) in [5, 5.41) is 9.01. The Kier molecular flexibility index (Phi) is 5.39. The normalized spacial score (nSPS) is 14.1. The first-order valence-corrected chi connectivity index (χ1v) is 9.69. The summed E-state index contributed by atoms with van der Waals surface area (Å²) < 4.78 is 19.4. The Morgan fingerprint density at radius 1 is 1.21 bits per heavy atom. The van der Waals surface area contributed by atoms with E-state index in [0.717, 1.165) is 17.3 Å². The molecule has 148 valence electrons. The van der Waals surface area contributed by atoms with E-state index in [2.05, 4.69) is 21.7 Å². The molecule has 0 spiro atoms. The molecule has 3 aromatic rings. The van der Waals surface area contributed by atoms with E-state index in [1.165, 1.54) is 12.8 Å². The molecule has 1 atom stereocenters. The van der Waals surface area contributed by atoms with Gasteiger partial charge in [0.05, 0.1) is 24.4 Å². The van der Waals surface area contributed by atoms with Crippen molar-refractivity contribution >= 4 is 0 Å². The van der Waals surface area contributed by atoms with Gasteiger partial charge in [-0.2, -0.15) is 5.26 Å². The zero-order valence-corrected chi connectivity index (χ0v) is 16.5. The van der Waals surface area contributed by atoms with Crippen LogP contribution in [0.25, 0.3) is 5.69 Å². The third-order valence-corrected chi connectivity index (χ3v) is 4.81. The molecule has 0 unspecified atom stereocenters. The van der Waals surface area contributed by atoms with Gasteiger partial charge < -0.3 is 18.8 Å². The molecule has 1 aliphatic carbocycles. The summed E-state index contributed by atoms with van der Waals surface area (Å²) in [4.78, 5) is 4.50. The number of ether oxygens (including phenoxy) is 3. The summed E-state index contributed by atoms with van der Waals surface area (Å²) in [5.41, 5.74) is 1.57. The summed E-state index contributed by atoms with van der Waals surface area (Å²) in [6.07, 6.45) is 6.07. The van der Waals surface area contributed by atoms with Crippen LogP contribution in [0.2, 0.25) is 0 Å². The molecule has 2 aromatic carbocycles. The van der Waals surface area contributed by atoms with Gasteiger partial charge in [0, 0.05) is 30.4 Å². The zero-order chi connectivity index (χ0) is 20.2. The highest BCUT2D eigenvalue weighted by Crippen LogP contribution is 2.40. The summed E-state index contributed by atoms with van der Waals surface area (Å²) >= 11 is 0. The lowest BCUT2D eigenvalue weighted by Gasteiger charge is -2.18. The Balaban J connectivity index is 1.40. The van der Waals surface area contributed by atoms with E-state index < -0.39 is 0 Å². The average molecular weight is 389 g/mol. The van der Waals surface area contributed by atoms with Crippen LogP contribution in [0.15, 0.2) is 54.9 Å². The molecule has 29 heavy (non-hydrogen) atoms. The van der Waals surface area contributed by atoms with Crippen molar-refractivity contribution in [1.82, 2.24) is 9.55 Å². The molecule has 1 heterocycles. The third-order valence-electron chi connectivity index (χ3n) is 4.81. The number of benzene rings is 2. The summed E-state index contributed by atoms with van der Waals surface area (Å²) in [6, 6.07) is 15.2. The van der Waals surface area contributed by atoms with Gasteiger partial charge in [0.2, 0.25) is 0 Å². The molecule has 0 radical (unpaired) electrons. The van der Waals surface area contributed by atoms with E-state index in [-0.39, 0.29) is 6.10 Å².